The SMILES string of the molecule is COCCNC(=O)N1CC(C(=O)O)c2ccccc21. The second kappa shape index (κ2) is 5.71. The summed E-state index contributed by atoms with van der Waals surface area (Å²) in [5.74, 6) is -1.58. The van der Waals surface area contributed by atoms with Crippen molar-refractivity contribution in [3.05, 3.63) is 29.8 Å². The van der Waals surface area contributed by atoms with Gasteiger partial charge in [0.25, 0.3) is 0 Å². The Bertz CT molecular complexity index is 489. The number of methoxy groups -OCH3 is 1. The molecule has 0 aromatic heterocycles. The van der Waals surface area contributed by atoms with Crippen LogP contribution in [0, 0.1) is 0 Å². The number of ether oxygens (including phenoxy) is 1. The highest BCUT2D eigenvalue weighted by Gasteiger charge is 2.36. The van der Waals surface area contributed by atoms with E-state index in [9.17, 15) is 14.7 Å². The molecule has 0 bridgehead atoms. The van der Waals surface area contributed by atoms with Crippen LogP contribution < -0.4 is 10.2 Å². The van der Waals surface area contributed by atoms with Gasteiger partial charge >= 0.3 is 12.0 Å². The molecule has 1 aromatic carbocycles. The van der Waals surface area contributed by atoms with Crippen molar-refractivity contribution in [2.75, 3.05) is 31.7 Å². The van der Waals surface area contributed by atoms with Gasteiger partial charge in [0, 0.05) is 25.9 Å². The predicted octanol–water partition coefficient (Wildman–Crippen LogP) is 1.03. The monoisotopic (exact) mass is 264 g/mol. The molecule has 1 atom stereocenters. The third-order valence-corrected chi connectivity index (χ3v) is 3.09. The summed E-state index contributed by atoms with van der Waals surface area (Å²) in [6.07, 6.45) is 0. The number of fused-ring (bicyclic) bond motifs is 1. The lowest BCUT2D eigenvalue weighted by Gasteiger charge is -2.18. The van der Waals surface area contributed by atoms with E-state index in [1.807, 2.05) is 0 Å². The van der Waals surface area contributed by atoms with Crippen LogP contribution in [-0.4, -0.2) is 43.9 Å². The number of amides is 2. The summed E-state index contributed by atoms with van der Waals surface area (Å²) < 4.78 is 4.86. The summed E-state index contributed by atoms with van der Waals surface area (Å²) in [6.45, 7) is 0.975. The number of carbonyl (C=O) groups is 2. The number of benzene rings is 1. The van der Waals surface area contributed by atoms with Crippen LogP contribution in [-0.2, 0) is 9.53 Å². The van der Waals surface area contributed by atoms with Crippen molar-refractivity contribution in [2.24, 2.45) is 0 Å². The number of carboxylic acid groups (broad SMARTS) is 1. The Labute approximate surface area is 111 Å². The van der Waals surface area contributed by atoms with Crippen LogP contribution in [0.5, 0.6) is 0 Å². The van der Waals surface area contributed by atoms with E-state index in [1.165, 1.54) is 4.90 Å². The molecule has 2 amide bonds. The van der Waals surface area contributed by atoms with Crippen LogP contribution in [0.15, 0.2) is 24.3 Å². The minimum Gasteiger partial charge on any atom is -0.481 e. The number of nitrogens with one attached hydrogen (secondary N) is 1. The summed E-state index contributed by atoms with van der Waals surface area (Å²) in [5, 5.41) is 11.9. The van der Waals surface area contributed by atoms with Gasteiger partial charge in [0.05, 0.1) is 6.61 Å². The number of nitrogens with zero attached hydrogens (tertiary/aromatic N) is 1. The van der Waals surface area contributed by atoms with Crippen LogP contribution >= 0.6 is 0 Å². The van der Waals surface area contributed by atoms with Crippen LogP contribution in [0.4, 0.5) is 10.5 Å². The Balaban J connectivity index is 2.15. The number of urea groups is 1. The van der Waals surface area contributed by atoms with E-state index in [-0.39, 0.29) is 12.6 Å². The van der Waals surface area contributed by atoms with Gasteiger partial charge in [-0.2, -0.15) is 0 Å². The molecule has 1 aliphatic rings. The van der Waals surface area contributed by atoms with E-state index in [2.05, 4.69) is 5.32 Å². The molecule has 6 heteroatoms. The van der Waals surface area contributed by atoms with E-state index in [0.717, 1.165) is 0 Å². The van der Waals surface area contributed by atoms with Crippen molar-refractivity contribution >= 4 is 17.7 Å². The zero-order valence-corrected chi connectivity index (χ0v) is 10.6. The van der Waals surface area contributed by atoms with E-state index in [4.69, 9.17) is 4.74 Å². The molecular weight excluding hydrogens is 248 g/mol. The fraction of sp³-hybridized carbons (Fsp3) is 0.385. The zero-order valence-electron chi connectivity index (χ0n) is 10.6. The molecule has 0 aliphatic carbocycles. The Morgan fingerprint density at radius 3 is 2.89 bits per heavy atom. The van der Waals surface area contributed by atoms with Gasteiger partial charge < -0.3 is 15.2 Å². The maximum Gasteiger partial charge on any atom is 0.321 e. The standard InChI is InChI=1S/C13H16N2O4/c1-19-7-6-14-13(18)15-8-10(12(16)17)9-4-2-3-5-11(9)15/h2-5,10H,6-8H2,1H3,(H,14,18)(H,16,17). The highest BCUT2D eigenvalue weighted by molar-refractivity contribution is 5.98. The van der Waals surface area contributed by atoms with Gasteiger partial charge in [-0.05, 0) is 11.6 Å². The number of aliphatic carboxylic acids is 1. The van der Waals surface area contributed by atoms with Gasteiger partial charge in [-0.1, -0.05) is 18.2 Å². The molecule has 6 nitrogen and oxygen atoms in total. The lowest BCUT2D eigenvalue weighted by atomic mass is 10.0. The van der Waals surface area contributed by atoms with Gasteiger partial charge in [-0.15, -0.1) is 0 Å². The summed E-state index contributed by atoms with van der Waals surface area (Å²) >= 11 is 0. The fourth-order valence-electron chi connectivity index (χ4n) is 2.17. The first-order chi connectivity index (χ1) is 9.15. The minimum atomic E-state index is -0.917. The maximum atomic E-state index is 12.0. The van der Waals surface area contributed by atoms with Gasteiger partial charge in [0.1, 0.15) is 5.92 Å². The van der Waals surface area contributed by atoms with Crippen LogP contribution in [0.1, 0.15) is 11.5 Å². The number of carbonyl (C=O) groups excluding carboxylic acids is 1. The van der Waals surface area contributed by atoms with E-state index in [1.54, 1.807) is 31.4 Å². The third-order valence-electron chi connectivity index (χ3n) is 3.09. The van der Waals surface area contributed by atoms with E-state index >= 15 is 0 Å². The Morgan fingerprint density at radius 2 is 2.21 bits per heavy atom. The number of para-hydroxylation sites is 1. The quantitative estimate of drug-likeness (QED) is 0.796. The average Bonchev–Trinajstić information content (AvgIpc) is 2.78. The lowest BCUT2D eigenvalue weighted by molar-refractivity contribution is -0.138. The molecule has 0 radical (unpaired) electrons. The molecule has 1 aromatic rings. The van der Waals surface area contributed by atoms with Gasteiger partial charge in [-0.3, -0.25) is 9.69 Å². The van der Waals surface area contributed by atoms with Gasteiger partial charge in [-0.25, -0.2) is 4.79 Å². The Kier molecular flexibility index (Phi) is 4.01. The zero-order chi connectivity index (χ0) is 13.8. The van der Waals surface area contributed by atoms with Crippen LogP contribution in [0.25, 0.3) is 0 Å². The van der Waals surface area contributed by atoms with Crippen LogP contribution in [0.3, 0.4) is 0 Å². The van der Waals surface area contributed by atoms with Crippen molar-refractivity contribution in [1.29, 1.82) is 0 Å². The molecule has 102 valence electrons. The fourth-order valence-corrected chi connectivity index (χ4v) is 2.17. The predicted molar refractivity (Wildman–Crippen MR) is 69.4 cm³/mol. The van der Waals surface area contributed by atoms with Crippen molar-refractivity contribution in [2.45, 2.75) is 5.92 Å². The largest absolute Gasteiger partial charge is 0.481 e. The smallest absolute Gasteiger partial charge is 0.321 e. The molecule has 2 N–H and O–H groups in total. The van der Waals surface area contributed by atoms with E-state index in [0.29, 0.717) is 24.4 Å². The summed E-state index contributed by atoms with van der Waals surface area (Å²) in [6, 6.07) is 6.78. The molecule has 19 heavy (non-hydrogen) atoms. The topological polar surface area (TPSA) is 78.9 Å². The normalized spacial score (nSPS) is 17.1. The van der Waals surface area contributed by atoms with Crippen molar-refractivity contribution < 1.29 is 19.4 Å². The molecule has 0 fully saturated rings. The van der Waals surface area contributed by atoms with Crippen molar-refractivity contribution in [3.63, 3.8) is 0 Å². The second-order valence-electron chi connectivity index (χ2n) is 4.28. The third kappa shape index (κ3) is 2.68. The second-order valence-corrected chi connectivity index (χ2v) is 4.28. The summed E-state index contributed by atoms with van der Waals surface area (Å²) in [4.78, 5) is 24.7. The van der Waals surface area contributed by atoms with Gasteiger partial charge in [0.15, 0.2) is 0 Å². The molecule has 1 unspecified atom stereocenters. The number of rotatable bonds is 4. The molecule has 1 heterocycles. The molecular formula is C13H16N2O4. The first kappa shape index (κ1) is 13.4. The number of hydrogen-bond donors (Lipinski definition) is 2. The molecule has 1 aliphatic heterocycles. The molecule has 0 saturated carbocycles. The average molecular weight is 264 g/mol. The van der Waals surface area contributed by atoms with Crippen molar-refractivity contribution in [3.8, 4) is 0 Å². The van der Waals surface area contributed by atoms with E-state index < -0.39 is 11.9 Å². The lowest BCUT2D eigenvalue weighted by Crippen LogP contribution is -2.41. The first-order valence-electron chi connectivity index (χ1n) is 6.01. The summed E-state index contributed by atoms with van der Waals surface area (Å²) in [5.41, 5.74) is 1.33. The van der Waals surface area contributed by atoms with Crippen LogP contribution in [0.2, 0.25) is 0 Å². The van der Waals surface area contributed by atoms with Gasteiger partial charge in [0.2, 0.25) is 0 Å². The maximum absolute atomic E-state index is 12.0. The molecule has 0 spiro atoms. The summed E-state index contributed by atoms with van der Waals surface area (Å²) in [7, 11) is 1.55. The highest BCUT2D eigenvalue weighted by atomic mass is 16.5. The Hall–Kier alpha value is -2.08. The number of carboxylic acids is 1. The molecule has 2 rings (SSSR count). The number of anilines is 1. The Morgan fingerprint density at radius 1 is 1.47 bits per heavy atom. The number of hydrogen-bond acceptors (Lipinski definition) is 3. The molecule has 0 saturated heterocycles. The van der Waals surface area contributed by atoms with Crippen molar-refractivity contribution in [1.82, 2.24) is 5.32 Å². The highest BCUT2D eigenvalue weighted by Crippen LogP contribution is 2.36. The minimum absolute atomic E-state index is 0.160. The first-order valence-corrected chi connectivity index (χ1v) is 6.01.